The molecule has 0 amide bonds. The minimum absolute atomic E-state index is 0.312. The van der Waals surface area contributed by atoms with E-state index in [1.165, 1.54) is 0 Å². The molecule has 0 aliphatic carbocycles. The third-order valence-corrected chi connectivity index (χ3v) is 6.70. The highest BCUT2D eigenvalue weighted by atomic mass is 28.4. The smallest absolute Gasteiger partial charge is 0.332 e. The van der Waals surface area contributed by atoms with Gasteiger partial charge in [0.1, 0.15) is 6.23 Å². The fourth-order valence-corrected chi connectivity index (χ4v) is 3.73. The van der Waals surface area contributed by atoms with E-state index in [0.717, 1.165) is 12.1 Å². The van der Waals surface area contributed by atoms with Gasteiger partial charge in [-0.05, 0) is 25.9 Å². The van der Waals surface area contributed by atoms with E-state index in [1.807, 2.05) is 6.92 Å². The van der Waals surface area contributed by atoms with E-state index in [2.05, 4.69) is 20.4 Å². The van der Waals surface area contributed by atoms with Crippen LogP contribution in [0.1, 0.15) is 27.7 Å². The molecule has 88 valence electrons. The van der Waals surface area contributed by atoms with E-state index in [4.69, 9.17) is 9.16 Å². The van der Waals surface area contributed by atoms with Gasteiger partial charge in [0.2, 0.25) is 8.32 Å². The highest BCUT2D eigenvalue weighted by Crippen LogP contribution is 2.17. The first kappa shape index (κ1) is 14.4. The lowest BCUT2D eigenvalue weighted by Crippen LogP contribution is -2.43. The second kappa shape index (κ2) is 6.79. The molecule has 0 aromatic rings. The predicted octanol–water partition coefficient (Wildman–Crippen LogP) is 2.67. The lowest BCUT2D eigenvalue weighted by molar-refractivity contribution is -0.137. The zero-order valence-corrected chi connectivity index (χ0v) is 11.3. The summed E-state index contributed by atoms with van der Waals surface area (Å²) in [6, 6.07) is 1.95. The molecule has 0 aromatic heterocycles. The SMILES string of the molecule is C=C(C)C(=O)OC[Si](CC)(CC)OCC. The van der Waals surface area contributed by atoms with Crippen molar-refractivity contribution in [2.45, 2.75) is 39.8 Å². The Morgan fingerprint density at radius 2 is 1.80 bits per heavy atom. The molecular weight excluding hydrogens is 208 g/mol. The molecule has 0 unspecified atom stereocenters. The van der Waals surface area contributed by atoms with E-state index in [-0.39, 0.29) is 5.97 Å². The number of carbonyl (C=O) groups is 1. The predicted molar refractivity (Wildman–Crippen MR) is 64.1 cm³/mol. The largest absolute Gasteiger partial charge is 0.463 e. The molecule has 0 bridgehead atoms. The maximum Gasteiger partial charge on any atom is 0.332 e. The topological polar surface area (TPSA) is 35.5 Å². The van der Waals surface area contributed by atoms with Crippen molar-refractivity contribution in [1.82, 2.24) is 0 Å². The number of hydrogen-bond acceptors (Lipinski definition) is 3. The summed E-state index contributed by atoms with van der Waals surface area (Å²) in [7, 11) is -1.84. The van der Waals surface area contributed by atoms with Gasteiger partial charge in [0.25, 0.3) is 0 Å². The van der Waals surface area contributed by atoms with E-state index in [1.54, 1.807) is 6.92 Å². The van der Waals surface area contributed by atoms with Crippen molar-refractivity contribution >= 4 is 14.3 Å². The van der Waals surface area contributed by atoms with Crippen LogP contribution in [0.25, 0.3) is 0 Å². The summed E-state index contributed by atoms with van der Waals surface area (Å²) in [5, 5.41) is 0. The van der Waals surface area contributed by atoms with Gasteiger partial charge in [-0.1, -0.05) is 20.4 Å². The average Bonchev–Trinajstić information content (AvgIpc) is 2.23. The maximum absolute atomic E-state index is 11.3. The average molecular weight is 230 g/mol. The summed E-state index contributed by atoms with van der Waals surface area (Å²) in [6.45, 7) is 12.1. The standard InChI is InChI=1S/C11H22O3Si/c1-6-14-15(7-2,8-3)9-13-11(12)10(4)5/h4,6-9H2,1-3,5H3. The summed E-state index contributed by atoms with van der Waals surface area (Å²) in [5.41, 5.74) is 0.446. The summed E-state index contributed by atoms with van der Waals surface area (Å²) in [6.07, 6.45) is 0.444. The molecule has 0 fully saturated rings. The first-order valence-corrected chi connectivity index (χ1v) is 8.00. The molecule has 0 N–H and O–H groups in total. The van der Waals surface area contributed by atoms with Crippen molar-refractivity contribution in [3.63, 3.8) is 0 Å². The molecule has 0 saturated carbocycles. The fourth-order valence-electron chi connectivity index (χ4n) is 1.33. The Balaban J connectivity index is 4.28. The molecule has 3 nitrogen and oxygen atoms in total. The van der Waals surface area contributed by atoms with Gasteiger partial charge in [-0.15, -0.1) is 0 Å². The van der Waals surface area contributed by atoms with Gasteiger partial charge in [-0.25, -0.2) is 4.79 Å². The van der Waals surface area contributed by atoms with Crippen LogP contribution >= 0.6 is 0 Å². The second-order valence-electron chi connectivity index (χ2n) is 3.68. The quantitative estimate of drug-likeness (QED) is 0.383. The van der Waals surface area contributed by atoms with Crippen LogP contribution in [-0.4, -0.2) is 27.1 Å². The van der Waals surface area contributed by atoms with Gasteiger partial charge in [0.15, 0.2) is 0 Å². The molecule has 0 atom stereocenters. The van der Waals surface area contributed by atoms with Gasteiger partial charge < -0.3 is 9.16 Å². The van der Waals surface area contributed by atoms with Crippen LogP contribution in [0, 0.1) is 0 Å². The minimum Gasteiger partial charge on any atom is -0.463 e. The molecule has 0 rings (SSSR count). The monoisotopic (exact) mass is 230 g/mol. The van der Waals surface area contributed by atoms with Crippen molar-refractivity contribution in [2.24, 2.45) is 0 Å². The Labute approximate surface area is 93.6 Å². The molecule has 15 heavy (non-hydrogen) atoms. The highest BCUT2D eigenvalue weighted by Gasteiger charge is 2.32. The maximum atomic E-state index is 11.3. The van der Waals surface area contributed by atoms with E-state index >= 15 is 0 Å². The van der Waals surface area contributed by atoms with Crippen molar-refractivity contribution in [1.29, 1.82) is 0 Å². The van der Waals surface area contributed by atoms with Crippen molar-refractivity contribution < 1.29 is 14.0 Å². The summed E-state index contributed by atoms with van der Waals surface area (Å²) in [4.78, 5) is 11.3. The molecule has 0 aromatic carbocycles. The lowest BCUT2D eigenvalue weighted by atomic mass is 10.4. The molecule has 0 spiro atoms. The molecule has 4 heteroatoms. The Bertz CT molecular complexity index is 222. The second-order valence-corrected chi connectivity index (χ2v) is 8.04. The first-order chi connectivity index (χ1) is 7.01. The van der Waals surface area contributed by atoms with Crippen molar-refractivity contribution in [3.8, 4) is 0 Å². The molecule has 0 aliphatic rings. The molecular formula is C11H22O3Si. The van der Waals surface area contributed by atoms with Crippen LogP contribution in [0.4, 0.5) is 0 Å². The van der Waals surface area contributed by atoms with E-state index in [9.17, 15) is 4.79 Å². The number of esters is 1. The third-order valence-electron chi connectivity index (χ3n) is 2.55. The van der Waals surface area contributed by atoms with Gasteiger partial charge in [0.05, 0.1) is 0 Å². The molecule has 0 heterocycles. The van der Waals surface area contributed by atoms with Crippen LogP contribution in [-0.2, 0) is 14.0 Å². The zero-order valence-electron chi connectivity index (χ0n) is 10.3. The highest BCUT2D eigenvalue weighted by molar-refractivity contribution is 6.73. The third kappa shape index (κ3) is 4.62. The Morgan fingerprint density at radius 3 is 2.13 bits per heavy atom. The Kier molecular flexibility index (Phi) is 6.52. The van der Waals surface area contributed by atoms with E-state index in [0.29, 0.717) is 18.4 Å². The number of ether oxygens (including phenoxy) is 1. The van der Waals surface area contributed by atoms with Crippen LogP contribution in [0.2, 0.25) is 12.1 Å². The summed E-state index contributed by atoms with van der Waals surface area (Å²) in [5.74, 6) is -0.312. The summed E-state index contributed by atoms with van der Waals surface area (Å²) >= 11 is 0. The molecule has 0 radical (unpaired) electrons. The Hall–Kier alpha value is -0.613. The number of rotatable bonds is 7. The van der Waals surface area contributed by atoms with Crippen LogP contribution in [0.5, 0.6) is 0 Å². The lowest BCUT2D eigenvalue weighted by Gasteiger charge is -2.27. The summed E-state index contributed by atoms with van der Waals surface area (Å²) < 4.78 is 11.0. The Morgan fingerprint density at radius 1 is 1.27 bits per heavy atom. The molecule has 0 aliphatic heterocycles. The van der Waals surface area contributed by atoms with Crippen molar-refractivity contribution in [3.05, 3.63) is 12.2 Å². The van der Waals surface area contributed by atoms with Crippen molar-refractivity contribution in [2.75, 3.05) is 12.8 Å². The van der Waals surface area contributed by atoms with Crippen LogP contribution < -0.4 is 0 Å². The zero-order chi connectivity index (χ0) is 11.9. The van der Waals surface area contributed by atoms with Gasteiger partial charge in [0, 0.05) is 12.2 Å². The van der Waals surface area contributed by atoms with E-state index < -0.39 is 8.32 Å². The normalized spacial score (nSPS) is 11.2. The fraction of sp³-hybridized carbons (Fsp3) is 0.727. The minimum atomic E-state index is -1.84. The van der Waals surface area contributed by atoms with Gasteiger partial charge in [-0.2, -0.15) is 0 Å². The van der Waals surface area contributed by atoms with Crippen LogP contribution in [0.15, 0.2) is 12.2 Å². The van der Waals surface area contributed by atoms with Gasteiger partial charge in [-0.3, -0.25) is 0 Å². The van der Waals surface area contributed by atoms with Crippen LogP contribution in [0.3, 0.4) is 0 Å². The molecule has 0 saturated heterocycles. The first-order valence-electron chi connectivity index (χ1n) is 5.48. The number of hydrogen-bond donors (Lipinski definition) is 0. The number of carbonyl (C=O) groups excluding carboxylic acids is 1. The van der Waals surface area contributed by atoms with Gasteiger partial charge >= 0.3 is 5.97 Å².